The highest BCUT2D eigenvalue weighted by Gasteiger charge is 2.17. The van der Waals surface area contributed by atoms with Gasteiger partial charge in [0.2, 0.25) is 0 Å². The maximum Gasteiger partial charge on any atom is 0.293 e. The SMILES string of the molecule is CC(C)Nc1cc(F)c(Br)cc1[N+](=O)[O-]. The van der Waals surface area contributed by atoms with Crippen molar-refractivity contribution in [1.29, 1.82) is 0 Å². The van der Waals surface area contributed by atoms with Crippen LogP contribution in [0.25, 0.3) is 0 Å². The Labute approximate surface area is 94.8 Å². The molecule has 0 radical (unpaired) electrons. The number of nitro groups is 1. The Balaban J connectivity index is 3.22. The van der Waals surface area contributed by atoms with E-state index < -0.39 is 10.7 Å². The minimum atomic E-state index is -0.547. The van der Waals surface area contributed by atoms with Gasteiger partial charge in [-0.05, 0) is 29.8 Å². The van der Waals surface area contributed by atoms with Crippen LogP contribution in [0.1, 0.15) is 13.8 Å². The van der Waals surface area contributed by atoms with Gasteiger partial charge in [-0.2, -0.15) is 0 Å². The zero-order chi connectivity index (χ0) is 11.6. The second-order valence-corrected chi connectivity index (χ2v) is 4.19. The summed E-state index contributed by atoms with van der Waals surface area (Å²) in [6.07, 6.45) is 0. The van der Waals surface area contributed by atoms with Crippen LogP contribution in [0.15, 0.2) is 16.6 Å². The van der Waals surface area contributed by atoms with E-state index in [-0.39, 0.29) is 21.9 Å². The molecule has 15 heavy (non-hydrogen) atoms. The van der Waals surface area contributed by atoms with Crippen molar-refractivity contribution in [3.05, 3.63) is 32.5 Å². The van der Waals surface area contributed by atoms with Crippen LogP contribution in [0, 0.1) is 15.9 Å². The molecule has 0 aliphatic rings. The highest BCUT2D eigenvalue weighted by Crippen LogP contribution is 2.30. The lowest BCUT2D eigenvalue weighted by atomic mass is 10.2. The van der Waals surface area contributed by atoms with E-state index in [1.54, 1.807) is 0 Å². The molecule has 6 heteroatoms. The Kier molecular flexibility index (Phi) is 3.62. The molecule has 0 fully saturated rings. The number of nitrogens with one attached hydrogen (secondary N) is 1. The van der Waals surface area contributed by atoms with E-state index in [2.05, 4.69) is 21.2 Å². The van der Waals surface area contributed by atoms with Gasteiger partial charge in [0.25, 0.3) is 5.69 Å². The van der Waals surface area contributed by atoms with Crippen LogP contribution in [0.2, 0.25) is 0 Å². The third-order valence-corrected chi connectivity index (χ3v) is 2.29. The zero-order valence-electron chi connectivity index (χ0n) is 8.25. The highest BCUT2D eigenvalue weighted by molar-refractivity contribution is 9.10. The van der Waals surface area contributed by atoms with Crippen LogP contribution in [-0.4, -0.2) is 11.0 Å². The summed E-state index contributed by atoms with van der Waals surface area (Å²) in [5.41, 5.74) is 0.0488. The van der Waals surface area contributed by atoms with Crippen molar-refractivity contribution in [2.75, 3.05) is 5.32 Å². The third kappa shape index (κ3) is 2.89. The van der Waals surface area contributed by atoms with E-state index in [1.165, 1.54) is 0 Å². The molecule has 0 aliphatic heterocycles. The second-order valence-electron chi connectivity index (χ2n) is 3.34. The minimum absolute atomic E-state index is 0.00396. The lowest BCUT2D eigenvalue weighted by molar-refractivity contribution is -0.384. The number of benzene rings is 1. The molecule has 0 spiro atoms. The largest absolute Gasteiger partial charge is 0.377 e. The molecule has 82 valence electrons. The highest BCUT2D eigenvalue weighted by atomic mass is 79.9. The van der Waals surface area contributed by atoms with Gasteiger partial charge < -0.3 is 5.32 Å². The van der Waals surface area contributed by atoms with Crippen molar-refractivity contribution in [1.82, 2.24) is 0 Å². The molecule has 0 heterocycles. The van der Waals surface area contributed by atoms with Crippen LogP contribution in [0.5, 0.6) is 0 Å². The lowest BCUT2D eigenvalue weighted by Crippen LogP contribution is -2.11. The summed E-state index contributed by atoms with van der Waals surface area (Å²) < 4.78 is 13.3. The predicted molar refractivity (Wildman–Crippen MR) is 59.5 cm³/mol. The smallest absolute Gasteiger partial charge is 0.293 e. The van der Waals surface area contributed by atoms with Crippen LogP contribution < -0.4 is 5.32 Å². The van der Waals surface area contributed by atoms with Crippen LogP contribution in [0.4, 0.5) is 15.8 Å². The molecule has 1 aromatic carbocycles. The van der Waals surface area contributed by atoms with E-state index in [0.717, 1.165) is 12.1 Å². The summed E-state index contributed by atoms with van der Waals surface area (Å²) in [5, 5.41) is 13.5. The normalized spacial score (nSPS) is 10.5. The summed E-state index contributed by atoms with van der Waals surface area (Å²) in [5.74, 6) is -0.524. The van der Waals surface area contributed by atoms with Crippen molar-refractivity contribution < 1.29 is 9.31 Å². The first kappa shape index (κ1) is 11.9. The van der Waals surface area contributed by atoms with Gasteiger partial charge in [-0.3, -0.25) is 10.1 Å². The van der Waals surface area contributed by atoms with E-state index in [0.29, 0.717) is 0 Å². The molecule has 1 N–H and O–H groups in total. The fraction of sp³-hybridized carbons (Fsp3) is 0.333. The Morgan fingerprint density at radius 3 is 2.60 bits per heavy atom. The van der Waals surface area contributed by atoms with Gasteiger partial charge >= 0.3 is 0 Å². The van der Waals surface area contributed by atoms with Crippen LogP contribution in [0.3, 0.4) is 0 Å². The van der Waals surface area contributed by atoms with Crippen molar-refractivity contribution in [2.45, 2.75) is 19.9 Å². The molecule has 0 aromatic heterocycles. The Hall–Kier alpha value is -1.17. The van der Waals surface area contributed by atoms with E-state index in [9.17, 15) is 14.5 Å². The van der Waals surface area contributed by atoms with Crippen LogP contribution in [-0.2, 0) is 0 Å². The number of nitro benzene ring substituents is 1. The molecular formula is C9H10BrFN2O2. The minimum Gasteiger partial charge on any atom is -0.377 e. The maximum absolute atomic E-state index is 13.2. The first-order valence-electron chi connectivity index (χ1n) is 4.31. The van der Waals surface area contributed by atoms with Gasteiger partial charge in [-0.15, -0.1) is 0 Å². The quantitative estimate of drug-likeness (QED) is 0.681. The van der Waals surface area contributed by atoms with Crippen molar-refractivity contribution >= 4 is 27.3 Å². The van der Waals surface area contributed by atoms with Crippen LogP contribution >= 0.6 is 15.9 Å². The Morgan fingerprint density at radius 2 is 2.13 bits per heavy atom. The molecule has 1 rings (SSSR count). The fourth-order valence-electron chi connectivity index (χ4n) is 1.11. The summed E-state index contributed by atoms with van der Waals surface area (Å²) in [7, 11) is 0. The van der Waals surface area contributed by atoms with Gasteiger partial charge in [0, 0.05) is 18.2 Å². The first-order chi connectivity index (χ1) is 6.91. The number of hydrogen-bond acceptors (Lipinski definition) is 3. The average Bonchev–Trinajstić information content (AvgIpc) is 2.09. The first-order valence-corrected chi connectivity index (χ1v) is 5.11. The molecule has 1 aromatic rings. The van der Waals surface area contributed by atoms with Crippen molar-refractivity contribution in [3.63, 3.8) is 0 Å². The molecule has 0 atom stereocenters. The molecule has 0 saturated heterocycles. The lowest BCUT2D eigenvalue weighted by Gasteiger charge is -2.10. The molecule has 0 amide bonds. The van der Waals surface area contributed by atoms with Gasteiger partial charge in [0.1, 0.15) is 11.5 Å². The van der Waals surface area contributed by atoms with Gasteiger partial charge in [0.05, 0.1) is 9.40 Å². The van der Waals surface area contributed by atoms with Crippen molar-refractivity contribution in [3.8, 4) is 0 Å². The number of rotatable bonds is 3. The molecular weight excluding hydrogens is 267 g/mol. The monoisotopic (exact) mass is 276 g/mol. The van der Waals surface area contributed by atoms with E-state index in [1.807, 2.05) is 13.8 Å². The summed E-state index contributed by atoms with van der Waals surface area (Å²) >= 11 is 2.91. The Bertz CT molecular complexity index is 396. The summed E-state index contributed by atoms with van der Waals surface area (Å²) in [6.45, 7) is 3.65. The average molecular weight is 277 g/mol. The fourth-order valence-corrected chi connectivity index (χ4v) is 1.45. The molecule has 0 bridgehead atoms. The molecule has 0 unspecified atom stereocenters. The second kappa shape index (κ2) is 4.57. The van der Waals surface area contributed by atoms with Gasteiger partial charge in [-0.25, -0.2) is 4.39 Å². The summed E-state index contributed by atoms with van der Waals surface area (Å²) in [6, 6.07) is 2.27. The van der Waals surface area contributed by atoms with Gasteiger partial charge in [0.15, 0.2) is 0 Å². The number of nitrogens with zero attached hydrogens (tertiary/aromatic N) is 1. The topological polar surface area (TPSA) is 55.2 Å². The summed E-state index contributed by atoms with van der Waals surface area (Å²) in [4.78, 5) is 10.1. The Morgan fingerprint density at radius 1 is 1.53 bits per heavy atom. The number of hydrogen-bond donors (Lipinski definition) is 1. The molecule has 4 nitrogen and oxygen atoms in total. The number of halogens is 2. The van der Waals surface area contributed by atoms with Gasteiger partial charge in [-0.1, -0.05) is 0 Å². The van der Waals surface area contributed by atoms with Crippen molar-refractivity contribution in [2.24, 2.45) is 0 Å². The van der Waals surface area contributed by atoms with E-state index >= 15 is 0 Å². The zero-order valence-corrected chi connectivity index (χ0v) is 9.84. The maximum atomic E-state index is 13.2. The molecule has 0 saturated carbocycles. The van der Waals surface area contributed by atoms with E-state index in [4.69, 9.17) is 0 Å². The predicted octanol–water partition coefficient (Wildman–Crippen LogP) is 3.32. The molecule has 0 aliphatic carbocycles. The standard InChI is InChI=1S/C9H10BrFN2O2/c1-5(2)12-8-4-7(11)6(10)3-9(8)13(14)15/h3-5,12H,1-2H3. The number of anilines is 1. The third-order valence-electron chi connectivity index (χ3n) is 1.68.